The van der Waals surface area contributed by atoms with Crippen molar-refractivity contribution >= 4 is 17.6 Å². The van der Waals surface area contributed by atoms with Crippen LogP contribution in [0.4, 0.5) is 8.78 Å². The standard InChI is InChI=1S/C27H30F2N2O3/c1-3-26(33)30(2)24(14-18-8-9-19(28)15-23(18)29)17-10-12-31(13-11-17)27(34)22-16-25(32)21-7-5-4-6-20(21)22/h4-9,15,17,22,24H,3,10-14,16H2,1-2H3/t22-,24+/m0/s1. The number of likely N-dealkylation sites (N-methyl/N-ethyl adjacent to an activating group) is 1. The van der Waals surface area contributed by atoms with Crippen LogP contribution in [0.1, 0.15) is 60.0 Å². The maximum absolute atomic E-state index is 14.4. The molecule has 0 N–H and O–H groups in total. The fourth-order valence-corrected chi connectivity index (χ4v) is 5.37. The summed E-state index contributed by atoms with van der Waals surface area (Å²) in [5.74, 6) is -1.66. The van der Waals surface area contributed by atoms with Gasteiger partial charge in [0.25, 0.3) is 0 Å². The van der Waals surface area contributed by atoms with E-state index in [1.165, 1.54) is 12.1 Å². The SMILES string of the molecule is CCC(=O)N(C)[C@H](Cc1ccc(F)cc1F)C1CCN(C(=O)[C@H]2CC(=O)c3ccccc32)CC1. The molecular weight excluding hydrogens is 438 g/mol. The minimum absolute atomic E-state index is 0.00456. The number of likely N-dealkylation sites (tertiary alicyclic amines) is 1. The van der Waals surface area contributed by atoms with Crippen molar-refractivity contribution in [3.63, 3.8) is 0 Å². The highest BCUT2D eigenvalue weighted by Crippen LogP contribution is 2.36. The van der Waals surface area contributed by atoms with Gasteiger partial charge in [-0.15, -0.1) is 0 Å². The van der Waals surface area contributed by atoms with E-state index in [2.05, 4.69) is 0 Å². The fourth-order valence-electron chi connectivity index (χ4n) is 5.37. The van der Waals surface area contributed by atoms with Gasteiger partial charge in [0.2, 0.25) is 11.8 Å². The van der Waals surface area contributed by atoms with E-state index in [0.29, 0.717) is 43.5 Å². The van der Waals surface area contributed by atoms with Gasteiger partial charge in [-0.2, -0.15) is 0 Å². The molecule has 2 aliphatic rings. The van der Waals surface area contributed by atoms with E-state index in [4.69, 9.17) is 0 Å². The maximum Gasteiger partial charge on any atom is 0.230 e. The molecule has 2 amide bonds. The number of benzene rings is 2. The average Bonchev–Trinajstić information content (AvgIpc) is 3.19. The number of amides is 2. The molecule has 5 nitrogen and oxygen atoms in total. The monoisotopic (exact) mass is 468 g/mol. The van der Waals surface area contributed by atoms with Crippen LogP contribution in [0.3, 0.4) is 0 Å². The van der Waals surface area contributed by atoms with Gasteiger partial charge in [-0.3, -0.25) is 14.4 Å². The van der Waals surface area contributed by atoms with Gasteiger partial charge < -0.3 is 9.80 Å². The van der Waals surface area contributed by atoms with Gasteiger partial charge in [-0.05, 0) is 42.4 Å². The van der Waals surface area contributed by atoms with Gasteiger partial charge in [0.15, 0.2) is 5.78 Å². The Balaban J connectivity index is 1.47. The molecule has 2 atom stereocenters. The molecule has 2 aromatic rings. The molecule has 0 spiro atoms. The highest BCUT2D eigenvalue weighted by Gasteiger charge is 2.39. The van der Waals surface area contributed by atoms with Crippen molar-refractivity contribution in [3.05, 3.63) is 70.8 Å². The second-order valence-corrected chi connectivity index (χ2v) is 9.30. The Morgan fingerprint density at radius 2 is 1.82 bits per heavy atom. The van der Waals surface area contributed by atoms with Crippen molar-refractivity contribution < 1.29 is 23.2 Å². The highest BCUT2D eigenvalue weighted by atomic mass is 19.1. The lowest BCUT2D eigenvalue weighted by atomic mass is 9.84. The Morgan fingerprint density at radius 3 is 2.50 bits per heavy atom. The quantitative estimate of drug-likeness (QED) is 0.633. The van der Waals surface area contributed by atoms with Gasteiger partial charge >= 0.3 is 0 Å². The first-order chi connectivity index (χ1) is 16.3. The van der Waals surface area contributed by atoms with Crippen molar-refractivity contribution in [3.8, 4) is 0 Å². The van der Waals surface area contributed by atoms with Crippen LogP contribution in [-0.2, 0) is 16.0 Å². The van der Waals surface area contributed by atoms with E-state index >= 15 is 0 Å². The zero-order valence-electron chi connectivity index (χ0n) is 19.6. The first kappa shape index (κ1) is 24.0. The molecule has 1 aliphatic carbocycles. The third kappa shape index (κ3) is 4.74. The van der Waals surface area contributed by atoms with Crippen molar-refractivity contribution in [2.75, 3.05) is 20.1 Å². The molecule has 1 aliphatic heterocycles. The normalized spacial score (nSPS) is 19.1. The van der Waals surface area contributed by atoms with E-state index in [1.54, 1.807) is 24.9 Å². The number of halogens is 2. The second-order valence-electron chi connectivity index (χ2n) is 9.30. The zero-order chi connectivity index (χ0) is 24.4. The number of carbonyl (C=O) groups excluding carboxylic acids is 3. The number of piperidine rings is 1. The molecule has 34 heavy (non-hydrogen) atoms. The van der Waals surface area contributed by atoms with Crippen LogP contribution >= 0.6 is 0 Å². The molecule has 4 rings (SSSR count). The summed E-state index contributed by atoms with van der Waals surface area (Å²) in [4.78, 5) is 41.6. The van der Waals surface area contributed by atoms with Gasteiger partial charge in [-0.25, -0.2) is 8.78 Å². The number of carbonyl (C=O) groups is 3. The Morgan fingerprint density at radius 1 is 1.12 bits per heavy atom. The average molecular weight is 469 g/mol. The van der Waals surface area contributed by atoms with Crippen molar-refractivity contribution in [2.45, 2.75) is 51.0 Å². The number of ketones is 1. The van der Waals surface area contributed by atoms with E-state index in [-0.39, 0.29) is 42.4 Å². The number of hydrogen-bond donors (Lipinski definition) is 0. The van der Waals surface area contributed by atoms with E-state index in [1.807, 2.05) is 23.1 Å². The molecule has 1 saturated heterocycles. The van der Waals surface area contributed by atoms with Gasteiger partial charge in [0.1, 0.15) is 11.6 Å². The first-order valence-electron chi connectivity index (χ1n) is 11.9. The topological polar surface area (TPSA) is 57.7 Å². The van der Waals surface area contributed by atoms with Crippen molar-refractivity contribution in [2.24, 2.45) is 5.92 Å². The number of fused-ring (bicyclic) bond motifs is 1. The zero-order valence-corrected chi connectivity index (χ0v) is 19.6. The molecule has 0 aromatic heterocycles. The molecule has 1 heterocycles. The minimum Gasteiger partial charge on any atom is -0.342 e. The number of Topliss-reactive ketones (excluding diaryl/α,β-unsaturated/α-hetero) is 1. The fraction of sp³-hybridized carbons (Fsp3) is 0.444. The van der Waals surface area contributed by atoms with Crippen LogP contribution in [0.5, 0.6) is 0 Å². The summed E-state index contributed by atoms with van der Waals surface area (Å²) in [7, 11) is 1.73. The van der Waals surface area contributed by atoms with Crippen LogP contribution in [0.15, 0.2) is 42.5 Å². The summed E-state index contributed by atoms with van der Waals surface area (Å²) in [5.41, 5.74) is 1.82. The predicted octanol–water partition coefficient (Wildman–Crippen LogP) is 4.35. The molecular formula is C27H30F2N2O3. The van der Waals surface area contributed by atoms with Gasteiger partial charge in [-0.1, -0.05) is 37.3 Å². The molecule has 0 radical (unpaired) electrons. The summed E-state index contributed by atoms with van der Waals surface area (Å²) in [6.45, 7) is 2.83. The van der Waals surface area contributed by atoms with Crippen LogP contribution in [0.25, 0.3) is 0 Å². The minimum atomic E-state index is -0.630. The summed E-state index contributed by atoms with van der Waals surface area (Å²) in [6, 6.07) is 10.6. The molecule has 180 valence electrons. The first-order valence-corrected chi connectivity index (χ1v) is 11.9. The number of rotatable bonds is 6. The molecule has 1 fully saturated rings. The number of nitrogens with zero attached hydrogens (tertiary/aromatic N) is 2. The lowest BCUT2D eigenvalue weighted by molar-refractivity contribution is -0.137. The van der Waals surface area contributed by atoms with Crippen LogP contribution in [0.2, 0.25) is 0 Å². The molecule has 2 aromatic carbocycles. The van der Waals surface area contributed by atoms with Crippen molar-refractivity contribution in [1.29, 1.82) is 0 Å². The molecule has 7 heteroatoms. The Kier molecular flexibility index (Phi) is 7.10. The van der Waals surface area contributed by atoms with Gasteiger partial charge in [0, 0.05) is 50.7 Å². The van der Waals surface area contributed by atoms with E-state index in [0.717, 1.165) is 11.6 Å². The third-order valence-electron chi connectivity index (χ3n) is 7.36. The Labute approximate surface area is 198 Å². The third-order valence-corrected chi connectivity index (χ3v) is 7.36. The Hall–Kier alpha value is -3.09. The van der Waals surface area contributed by atoms with Crippen LogP contribution in [-0.4, -0.2) is 53.6 Å². The lowest BCUT2D eigenvalue weighted by Gasteiger charge is -2.40. The number of hydrogen-bond acceptors (Lipinski definition) is 3. The summed E-state index contributed by atoms with van der Waals surface area (Å²) in [6.07, 6.45) is 2.17. The van der Waals surface area contributed by atoms with Crippen LogP contribution < -0.4 is 0 Å². The summed E-state index contributed by atoms with van der Waals surface area (Å²) >= 11 is 0. The van der Waals surface area contributed by atoms with E-state index in [9.17, 15) is 23.2 Å². The molecule has 0 bridgehead atoms. The highest BCUT2D eigenvalue weighted by molar-refractivity contribution is 6.06. The lowest BCUT2D eigenvalue weighted by Crippen LogP contribution is -2.49. The van der Waals surface area contributed by atoms with Gasteiger partial charge in [0.05, 0.1) is 5.92 Å². The van der Waals surface area contributed by atoms with Crippen LogP contribution in [0, 0.1) is 17.6 Å². The second kappa shape index (κ2) is 10.0. The summed E-state index contributed by atoms with van der Waals surface area (Å²) < 4.78 is 27.8. The predicted molar refractivity (Wildman–Crippen MR) is 124 cm³/mol. The molecule has 0 saturated carbocycles. The largest absolute Gasteiger partial charge is 0.342 e. The maximum atomic E-state index is 14.4. The molecule has 0 unspecified atom stereocenters. The van der Waals surface area contributed by atoms with Crippen molar-refractivity contribution in [1.82, 2.24) is 9.80 Å². The smallest absolute Gasteiger partial charge is 0.230 e. The van der Waals surface area contributed by atoms with E-state index < -0.39 is 17.6 Å². The Bertz CT molecular complexity index is 1100. The summed E-state index contributed by atoms with van der Waals surface area (Å²) in [5, 5.41) is 0.